The highest BCUT2D eigenvalue weighted by molar-refractivity contribution is 6.33. The van der Waals surface area contributed by atoms with Crippen molar-refractivity contribution in [3.8, 4) is 0 Å². The molecule has 1 aliphatic rings. The second-order valence-corrected chi connectivity index (χ2v) is 8.56. The van der Waals surface area contributed by atoms with Crippen LogP contribution in [0.25, 0.3) is 0 Å². The van der Waals surface area contributed by atoms with Gasteiger partial charge in [-0.25, -0.2) is 4.98 Å². The van der Waals surface area contributed by atoms with Crippen LogP contribution in [0, 0.1) is 5.92 Å². The molecule has 1 aromatic heterocycles. The number of piperidine rings is 1. The molecule has 0 bridgehead atoms. The lowest BCUT2D eigenvalue weighted by Gasteiger charge is -2.32. The summed E-state index contributed by atoms with van der Waals surface area (Å²) in [7, 11) is 2.06. The summed E-state index contributed by atoms with van der Waals surface area (Å²) in [6, 6.07) is 11.1. The zero-order valence-corrected chi connectivity index (χ0v) is 18.8. The number of aromatic nitrogens is 1. The molecule has 0 spiro atoms. The van der Waals surface area contributed by atoms with Crippen molar-refractivity contribution >= 4 is 23.3 Å². The van der Waals surface area contributed by atoms with Crippen molar-refractivity contribution in [1.82, 2.24) is 15.2 Å². The van der Waals surface area contributed by atoms with Crippen molar-refractivity contribution in [2.24, 2.45) is 5.92 Å². The summed E-state index contributed by atoms with van der Waals surface area (Å²) in [4.78, 5) is 20.5. The Morgan fingerprint density at radius 2 is 1.94 bits per heavy atom. The first-order valence-electron chi connectivity index (χ1n) is 10.7. The van der Waals surface area contributed by atoms with Gasteiger partial charge in [0.15, 0.2) is 0 Å². The van der Waals surface area contributed by atoms with E-state index in [0.29, 0.717) is 38.3 Å². The van der Waals surface area contributed by atoms with Crippen LogP contribution in [0.2, 0.25) is 5.02 Å². The summed E-state index contributed by atoms with van der Waals surface area (Å²) in [5.74, 6) is 0.253. The van der Waals surface area contributed by atoms with Gasteiger partial charge in [0.25, 0.3) is 0 Å². The topological polar surface area (TPSA) is 48.5 Å². The molecule has 0 aliphatic carbocycles. The predicted molar refractivity (Wildman–Crippen MR) is 120 cm³/mol. The van der Waals surface area contributed by atoms with E-state index < -0.39 is 11.7 Å². The van der Waals surface area contributed by atoms with Crippen LogP contribution in [0.1, 0.15) is 30.4 Å². The molecule has 5 nitrogen and oxygen atoms in total. The maximum atomic E-state index is 12.8. The van der Waals surface area contributed by atoms with Gasteiger partial charge in [0.1, 0.15) is 5.82 Å². The molecule has 0 atom stereocenters. The Morgan fingerprint density at radius 1 is 1.25 bits per heavy atom. The highest BCUT2D eigenvalue weighted by Gasteiger charge is 2.33. The standard InChI is InChI=1S/C23H28ClF3N4O/c1-30(16-17-6-3-2-4-7-17)11-5-10-28-22(32)18-8-12-31(13-9-18)21-20(24)14-19(15-29-21)23(25,26)27/h2-4,6-7,14-15,18H,5,8-13,16H2,1H3,(H,28,32). The van der Waals surface area contributed by atoms with Crippen molar-refractivity contribution in [2.75, 3.05) is 38.1 Å². The first-order chi connectivity index (χ1) is 15.2. The number of alkyl halides is 3. The number of benzene rings is 1. The summed E-state index contributed by atoms with van der Waals surface area (Å²) in [5, 5.41) is 2.99. The Morgan fingerprint density at radius 3 is 2.56 bits per heavy atom. The lowest BCUT2D eigenvalue weighted by atomic mass is 9.96. The molecule has 2 aromatic rings. The van der Waals surface area contributed by atoms with E-state index in [1.165, 1.54) is 5.56 Å². The minimum absolute atomic E-state index is 0.0256. The van der Waals surface area contributed by atoms with E-state index in [1.807, 2.05) is 23.1 Å². The number of nitrogens with zero attached hydrogens (tertiary/aromatic N) is 3. The molecule has 0 unspecified atom stereocenters. The van der Waals surface area contributed by atoms with Gasteiger partial charge in [-0.15, -0.1) is 0 Å². The van der Waals surface area contributed by atoms with Gasteiger partial charge < -0.3 is 15.1 Å². The number of halogens is 4. The van der Waals surface area contributed by atoms with Crippen LogP contribution in [-0.4, -0.2) is 49.0 Å². The van der Waals surface area contributed by atoms with Crippen molar-refractivity contribution in [3.05, 3.63) is 58.7 Å². The van der Waals surface area contributed by atoms with E-state index in [4.69, 9.17) is 11.6 Å². The van der Waals surface area contributed by atoms with Gasteiger partial charge in [-0.2, -0.15) is 13.2 Å². The number of carbonyl (C=O) groups is 1. The smallest absolute Gasteiger partial charge is 0.356 e. The fourth-order valence-electron chi connectivity index (χ4n) is 3.85. The fraction of sp³-hybridized carbons (Fsp3) is 0.478. The minimum Gasteiger partial charge on any atom is -0.356 e. The predicted octanol–water partition coefficient (Wildman–Crippen LogP) is 4.61. The van der Waals surface area contributed by atoms with Crippen LogP contribution in [0.3, 0.4) is 0 Å². The Hall–Kier alpha value is -2.32. The number of hydrogen-bond donors (Lipinski definition) is 1. The molecule has 0 saturated carbocycles. The van der Waals surface area contributed by atoms with Crippen molar-refractivity contribution in [3.63, 3.8) is 0 Å². The largest absolute Gasteiger partial charge is 0.417 e. The first kappa shape index (κ1) is 24.3. The molecular formula is C23H28ClF3N4O. The number of carbonyl (C=O) groups excluding carboxylic acids is 1. The van der Waals surface area contributed by atoms with Crippen LogP contribution >= 0.6 is 11.6 Å². The number of pyridine rings is 1. The fourth-order valence-corrected chi connectivity index (χ4v) is 4.14. The highest BCUT2D eigenvalue weighted by Crippen LogP contribution is 2.34. The van der Waals surface area contributed by atoms with Gasteiger partial charge in [-0.3, -0.25) is 4.79 Å². The molecule has 1 fully saturated rings. The van der Waals surface area contributed by atoms with Crippen LogP contribution in [-0.2, 0) is 17.5 Å². The van der Waals surface area contributed by atoms with Gasteiger partial charge in [-0.1, -0.05) is 41.9 Å². The number of anilines is 1. The van der Waals surface area contributed by atoms with E-state index in [-0.39, 0.29) is 16.8 Å². The van der Waals surface area contributed by atoms with Crippen LogP contribution in [0.4, 0.5) is 19.0 Å². The number of amides is 1. The second-order valence-electron chi connectivity index (χ2n) is 8.16. The lowest BCUT2D eigenvalue weighted by molar-refractivity contribution is -0.137. The lowest BCUT2D eigenvalue weighted by Crippen LogP contribution is -2.41. The third kappa shape index (κ3) is 6.84. The van der Waals surface area contributed by atoms with Crippen molar-refractivity contribution < 1.29 is 18.0 Å². The highest BCUT2D eigenvalue weighted by atomic mass is 35.5. The summed E-state index contributed by atoms with van der Waals surface area (Å²) >= 11 is 6.04. The molecule has 1 N–H and O–H groups in total. The molecule has 174 valence electrons. The SMILES string of the molecule is CN(CCCNC(=O)C1CCN(c2ncc(C(F)(F)F)cc2Cl)CC1)Cc1ccccc1. The van der Waals surface area contributed by atoms with E-state index in [0.717, 1.165) is 31.8 Å². The maximum Gasteiger partial charge on any atom is 0.417 e. The van der Waals surface area contributed by atoms with Crippen LogP contribution in [0.15, 0.2) is 42.6 Å². The van der Waals surface area contributed by atoms with Crippen LogP contribution < -0.4 is 10.2 Å². The molecule has 0 radical (unpaired) electrons. The molecule has 9 heteroatoms. The van der Waals surface area contributed by atoms with E-state index >= 15 is 0 Å². The third-order valence-electron chi connectivity index (χ3n) is 5.63. The average Bonchev–Trinajstić information content (AvgIpc) is 2.77. The Kier molecular flexibility index (Phi) is 8.37. The second kappa shape index (κ2) is 11.0. The van der Waals surface area contributed by atoms with Gasteiger partial charge >= 0.3 is 6.18 Å². The molecule has 1 aliphatic heterocycles. The molecule has 1 amide bonds. The molecule has 3 rings (SSSR count). The first-order valence-corrected chi connectivity index (χ1v) is 11.1. The van der Waals surface area contributed by atoms with E-state index in [2.05, 4.69) is 34.4 Å². The Labute approximate surface area is 191 Å². The zero-order chi connectivity index (χ0) is 23.1. The quantitative estimate of drug-likeness (QED) is 0.575. The van der Waals surface area contributed by atoms with E-state index in [1.54, 1.807) is 0 Å². The van der Waals surface area contributed by atoms with Gasteiger partial charge in [0.05, 0.1) is 10.6 Å². The number of hydrogen-bond acceptors (Lipinski definition) is 4. The normalized spacial score (nSPS) is 15.2. The molecule has 1 aromatic carbocycles. The molecule has 1 saturated heterocycles. The van der Waals surface area contributed by atoms with E-state index in [9.17, 15) is 18.0 Å². The molecule has 32 heavy (non-hydrogen) atoms. The Balaban J connectivity index is 1.38. The van der Waals surface area contributed by atoms with Gasteiger partial charge in [-0.05, 0) is 44.5 Å². The van der Waals surface area contributed by atoms with Crippen molar-refractivity contribution in [2.45, 2.75) is 32.0 Å². The van der Waals surface area contributed by atoms with Crippen LogP contribution in [0.5, 0.6) is 0 Å². The molecular weight excluding hydrogens is 441 g/mol. The summed E-state index contributed by atoms with van der Waals surface area (Å²) in [6.45, 7) is 3.41. The maximum absolute atomic E-state index is 12.8. The monoisotopic (exact) mass is 468 g/mol. The Bertz CT molecular complexity index is 887. The number of nitrogens with one attached hydrogen (secondary N) is 1. The third-order valence-corrected chi connectivity index (χ3v) is 5.90. The summed E-state index contributed by atoms with van der Waals surface area (Å²) in [5.41, 5.74) is 0.392. The van der Waals surface area contributed by atoms with Gasteiger partial charge in [0.2, 0.25) is 5.91 Å². The van der Waals surface area contributed by atoms with Gasteiger partial charge in [0, 0.05) is 38.3 Å². The average molecular weight is 469 g/mol. The summed E-state index contributed by atoms with van der Waals surface area (Å²) < 4.78 is 38.4. The molecule has 2 heterocycles. The van der Waals surface area contributed by atoms with Crippen molar-refractivity contribution in [1.29, 1.82) is 0 Å². The minimum atomic E-state index is -4.48. The zero-order valence-electron chi connectivity index (χ0n) is 18.0. The summed E-state index contributed by atoms with van der Waals surface area (Å²) in [6.07, 6.45) is -1.60. The number of rotatable bonds is 8.